The molecular formula is C17H16N4O. The number of pyridine rings is 1. The number of nitrogens with two attached hydrogens (primary N) is 1. The van der Waals surface area contributed by atoms with Gasteiger partial charge in [-0.3, -0.25) is 4.98 Å². The van der Waals surface area contributed by atoms with Crippen LogP contribution in [0.2, 0.25) is 0 Å². The van der Waals surface area contributed by atoms with Crippen LogP contribution >= 0.6 is 0 Å². The molecule has 0 fully saturated rings. The molecule has 1 unspecified atom stereocenters. The van der Waals surface area contributed by atoms with Crippen molar-refractivity contribution in [1.82, 2.24) is 15.0 Å². The van der Waals surface area contributed by atoms with Crippen molar-refractivity contribution >= 4 is 0 Å². The van der Waals surface area contributed by atoms with E-state index in [0.717, 1.165) is 16.8 Å². The van der Waals surface area contributed by atoms with Gasteiger partial charge in [0.15, 0.2) is 0 Å². The van der Waals surface area contributed by atoms with Crippen LogP contribution in [0.15, 0.2) is 67.1 Å². The predicted molar refractivity (Wildman–Crippen MR) is 84.1 cm³/mol. The monoisotopic (exact) mass is 292 g/mol. The van der Waals surface area contributed by atoms with E-state index in [0.29, 0.717) is 12.6 Å². The lowest BCUT2D eigenvalue weighted by Gasteiger charge is -2.12. The zero-order valence-corrected chi connectivity index (χ0v) is 12.0. The molecule has 0 aliphatic heterocycles. The zero-order valence-electron chi connectivity index (χ0n) is 12.0. The molecule has 0 saturated carbocycles. The average Bonchev–Trinajstić information content (AvgIpc) is 2.61. The highest BCUT2D eigenvalue weighted by atomic mass is 16.5. The third kappa shape index (κ3) is 3.45. The number of aromatic nitrogens is 3. The molecule has 3 aromatic rings. The Morgan fingerprint density at radius 3 is 2.32 bits per heavy atom. The highest BCUT2D eigenvalue weighted by Gasteiger charge is 2.08. The second-order valence-corrected chi connectivity index (χ2v) is 4.80. The summed E-state index contributed by atoms with van der Waals surface area (Å²) in [6.45, 7) is 0.326. The van der Waals surface area contributed by atoms with Gasteiger partial charge in [-0.1, -0.05) is 36.4 Å². The first-order valence-corrected chi connectivity index (χ1v) is 7.00. The molecule has 0 spiro atoms. The maximum Gasteiger partial charge on any atom is 0.316 e. The van der Waals surface area contributed by atoms with Crippen molar-refractivity contribution < 1.29 is 4.74 Å². The van der Waals surface area contributed by atoms with E-state index in [-0.39, 0.29) is 6.04 Å². The maximum absolute atomic E-state index is 6.07. The zero-order chi connectivity index (χ0) is 15.2. The minimum Gasteiger partial charge on any atom is -0.461 e. The molecule has 1 aromatic carbocycles. The van der Waals surface area contributed by atoms with Crippen molar-refractivity contribution in [1.29, 1.82) is 0 Å². The van der Waals surface area contributed by atoms with Crippen LogP contribution in [0.4, 0.5) is 0 Å². The van der Waals surface area contributed by atoms with Gasteiger partial charge in [-0.25, -0.2) is 9.97 Å². The summed E-state index contributed by atoms with van der Waals surface area (Å²) in [7, 11) is 0. The van der Waals surface area contributed by atoms with E-state index in [1.807, 2.05) is 48.5 Å². The van der Waals surface area contributed by atoms with E-state index < -0.39 is 0 Å². The highest BCUT2D eigenvalue weighted by molar-refractivity contribution is 5.56. The number of ether oxygens (including phenoxy) is 1. The lowest BCUT2D eigenvalue weighted by molar-refractivity contribution is 0.268. The Hall–Kier alpha value is -2.79. The number of rotatable bonds is 5. The quantitative estimate of drug-likeness (QED) is 0.782. The fourth-order valence-corrected chi connectivity index (χ4v) is 2.02. The Balaban J connectivity index is 1.62. The predicted octanol–water partition coefficient (Wildman–Crippen LogP) is 2.62. The summed E-state index contributed by atoms with van der Waals surface area (Å²) in [6, 6.07) is 15.6. The summed E-state index contributed by atoms with van der Waals surface area (Å²) in [5.74, 6) is 0. The molecule has 1 atom stereocenters. The summed E-state index contributed by atoms with van der Waals surface area (Å²) in [4.78, 5) is 12.6. The largest absolute Gasteiger partial charge is 0.461 e. The van der Waals surface area contributed by atoms with E-state index in [9.17, 15) is 0 Å². The molecule has 5 nitrogen and oxygen atoms in total. The Morgan fingerprint density at radius 1 is 0.909 bits per heavy atom. The summed E-state index contributed by atoms with van der Waals surface area (Å²) in [5.41, 5.74) is 8.77. The number of hydrogen-bond acceptors (Lipinski definition) is 5. The molecule has 2 heterocycles. The molecule has 5 heteroatoms. The maximum atomic E-state index is 6.07. The topological polar surface area (TPSA) is 73.9 Å². The van der Waals surface area contributed by atoms with Gasteiger partial charge in [0.1, 0.15) is 6.61 Å². The SMILES string of the molecule is NC(COc1ncc(-c2ccccn2)cn1)c1ccccc1. The van der Waals surface area contributed by atoms with Crippen molar-refractivity contribution in [3.63, 3.8) is 0 Å². The van der Waals surface area contributed by atoms with Crippen LogP contribution in [-0.2, 0) is 0 Å². The van der Waals surface area contributed by atoms with E-state index in [2.05, 4.69) is 15.0 Å². The Morgan fingerprint density at radius 2 is 1.64 bits per heavy atom. The summed E-state index contributed by atoms with van der Waals surface area (Å²) in [5, 5.41) is 0. The molecule has 0 saturated heterocycles. The molecule has 3 rings (SSSR count). The minimum atomic E-state index is -0.208. The first kappa shape index (κ1) is 14.2. The fourth-order valence-electron chi connectivity index (χ4n) is 2.02. The first-order chi connectivity index (χ1) is 10.8. The summed E-state index contributed by atoms with van der Waals surface area (Å²) < 4.78 is 5.55. The van der Waals surface area contributed by atoms with E-state index in [4.69, 9.17) is 10.5 Å². The van der Waals surface area contributed by atoms with Gasteiger partial charge < -0.3 is 10.5 Å². The molecule has 110 valence electrons. The van der Waals surface area contributed by atoms with Gasteiger partial charge in [-0.05, 0) is 17.7 Å². The van der Waals surface area contributed by atoms with Crippen LogP contribution in [0.5, 0.6) is 6.01 Å². The molecule has 22 heavy (non-hydrogen) atoms. The summed E-state index contributed by atoms with van der Waals surface area (Å²) in [6.07, 6.45) is 5.12. The van der Waals surface area contributed by atoms with E-state index in [1.54, 1.807) is 18.6 Å². The van der Waals surface area contributed by atoms with Gasteiger partial charge >= 0.3 is 6.01 Å². The summed E-state index contributed by atoms with van der Waals surface area (Å²) >= 11 is 0. The fraction of sp³-hybridized carbons (Fsp3) is 0.118. The van der Waals surface area contributed by atoms with Crippen LogP contribution in [0.25, 0.3) is 11.3 Å². The first-order valence-electron chi connectivity index (χ1n) is 7.00. The lowest BCUT2D eigenvalue weighted by atomic mass is 10.1. The van der Waals surface area contributed by atoms with Crippen LogP contribution in [-0.4, -0.2) is 21.6 Å². The van der Waals surface area contributed by atoms with Gasteiger partial charge in [0.05, 0.1) is 11.7 Å². The molecule has 0 bridgehead atoms. The Labute approximate surface area is 128 Å². The molecular weight excluding hydrogens is 276 g/mol. The molecule has 0 radical (unpaired) electrons. The third-order valence-electron chi connectivity index (χ3n) is 3.21. The molecule has 0 aliphatic carbocycles. The van der Waals surface area contributed by atoms with Crippen LogP contribution in [0.1, 0.15) is 11.6 Å². The number of hydrogen-bond donors (Lipinski definition) is 1. The van der Waals surface area contributed by atoms with Crippen LogP contribution in [0.3, 0.4) is 0 Å². The second-order valence-electron chi connectivity index (χ2n) is 4.80. The van der Waals surface area contributed by atoms with Crippen molar-refractivity contribution in [2.24, 2.45) is 5.73 Å². The third-order valence-corrected chi connectivity index (χ3v) is 3.21. The lowest BCUT2D eigenvalue weighted by Crippen LogP contribution is -2.19. The Kier molecular flexibility index (Phi) is 4.36. The van der Waals surface area contributed by atoms with E-state index >= 15 is 0 Å². The smallest absolute Gasteiger partial charge is 0.316 e. The van der Waals surface area contributed by atoms with Gasteiger partial charge in [-0.2, -0.15) is 0 Å². The van der Waals surface area contributed by atoms with Crippen molar-refractivity contribution in [3.05, 3.63) is 72.7 Å². The standard InChI is InChI=1S/C17H16N4O/c18-15(13-6-2-1-3-7-13)12-22-17-20-10-14(11-21-17)16-8-4-5-9-19-16/h1-11,15H,12,18H2. The number of benzene rings is 1. The molecule has 0 amide bonds. The van der Waals surface area contributed by atoms with Gasteiger partial charge in [0, 0.05) is 24.2 Å². The van der Waals surface area contributed by atoms with E-state index in [1.165, 1.54) is 0 Å². The van der Waals surface area contributed by atoms with Crippen molar-refractivity contribution in [2.45, 2.75) is 6.04 Å². The normalized spacial score (nSPS) is 11.9. The van der Waals surface area contributed by atoms with Crippen molar-refractivity contribution in [3.8, 4) is 17.3 Å². The van der Waals surface area contributed by atoms with Gasteiger partial charge in [0.2, 0.25) is 0 Å². The highest BCUT2D eigenvalue weighted by Crippen LogP contribution is 2.16. The average molecular weight is 292 g/mol. The molecule has 0 aliphatic rings. The minimum absolute atomic E-state index is 0.208. The molecule has 2 aromatic heterocycles. The Bertz CT molecular complexity index is 702. The van der Waals surface area contributed by atoms with Crippen molar-refractivity contribution in [2.75, 3.05) is 6.61 Å². The number of nitrogens with zero attached hydrogens (tertiary/aromatic N) is 3. The van der Waals surface area contributed by atoms with Crippen LogP contribution < -0.4 is 10.5 Å². The van der Waals surface area contributed by atoms with Gasteiger partial charge in [0.25, 0.3) is 0 Å². The van der Waals surface area contributed by atoms with Gasteiger partial charge in [-0.15, -0.1) is 0 Å². The van der Waals surface area contributed by atoms with Crippen LogP contribution in [0, 0.1) is 0 Å². The second kappa shape index (κ2) is 6.78. The molecule has 2 N–H and O–H groups in total.